The van der Waals surface area contributed by atoms with Crippen LogP contribution in [0.25, 0.3) is 0 Å². The molecule has 0 heterocycles. The van der Waals surface area contributed by atoms with Gasteiger partial charge in [0.2, 0.25) is 0 Å². The molecule has 0 radical (unpaired) electrons. The van der Waals surface area contributed by atoms with Gasteiger partial charge in [0.25, 0.3) is 0 Å². The predicted molar refractivity (Wildman–Crippen MR) is 86.2 cm³/mol. The zero-order chi connectivity index (χ0) is 15.4. The van der Waals surface area contributed by atoms with Gasteiger partial charge in [-0.2, -0.15) is 0 Å². The third-order valence-corrected chi connectivity index (χ3v) is 4.42. The first-order valence-electron chi connectivity index (χ1n) is 7.92. The average molecular weight is 294 g/mol. The molecule has 0 bridgehead atoms. The number of anilines is 2. The number of hydrogen-bond acceptors (Lipinski definition) is 2. The van der Waals surface area contributed by atoms with Gasteiger partial charge < -0.3 is 9.90 Å². The molecule has 0 saturated heterocycles. The SMILES string of the molecule is O=C([O-])N(c1ccccc1)c1ccc(C2CCCCC2)cc1. The van der Waals surface area contributed by atoms with Crippen molar-refractivity contribution < 1.29 is 9.90 Å². The summed E-state index contributed by atoms with van der Waals surface area (Å²) in [7, 11) is 0. The van der Waals surface area contributed by atoms with Crippen molar-refractivity contribution in [3.8, 4) is 0 Å². The van der Waals surface area contributed by atoms with Crippen LogP contribution < -0.4 is 10.0 Å². The van der Waals surface area contributed by atoms with Crippen LogP contribution in [0.2, 0.25) is 0 Å². The molecule has 0 unspecified atom stereocenters. The Morgan fingerprint density at radius 1 is 0.864 bits per heavy atom. The monoisotopic (exact) mass is 294 g/mol. The second-order valence-electron chi connectivity index (χ2n) is 5.86. The van der Waals surface area contributed by atoms with Gasteiger partial charge in [-0.15, -0.1) is 0 Å². The summed E-state index contributed by atoms with van der Waals surface area (Å²) in [5.74, 6) is 0.621. The number of rotatable bonds is 3. The van der Waals surface area contributed by atoms with E-state index in [2.05, 4.69) is 12.1 Å². The summed E-state index contributed by atoms with van der Waals surface area (Å²) < 4.78 is 0. The summed E-state index contributed by atoms with van der Waals surface area (Å²) in [6.45, 7) is 0. The zero-order valence-corrected chi connectivity index (χ0v) is 12.6. The zero-order valence-electron chi connectivity index (χ0n) is 12.6. The van der Waals surface area contributed by atoms with Crippen molar-refractivity contribution in [1.82, 2.24) is 0 Å². The van der Waals surface area contributed by atoms with Crippen LogP contribution in [0.5, 0.6) is 0 Å². The Morgan fingerprint density at radius 2 is 1.45 bits per heavy atom. The molecule has 0 N–H and O–H groups in total. The van der Waals surface area contributed by atoms with E-state index in [1.807, 2.05) is 30.3 Å². The van der Waals surface area contributed by atoms with E-state index in [0.717, 1.165) is 0 Å². The molecule has 3 rings (SSSR count). The maximum Gasteiger partial charge on any atom is 0.146 e. The number of carboxylic acid groups (broad SMARTS) is 1. The van der Waals surface area contributed by atoms with Crippen LogP contribution in [-0.4, -0.2) is 6.09 Å². The van der Waals surface area contributed by atoms with Gasteiger partial charge in [0.1, 0.15) is 6.09 Å². The molecule has 114 valence electrons. The summed E-state index contributed by atoms with van der Waals surface area (Å²) in [4.78, 5) is 12.7. The minimum Gasteiger partial charge on any atom is -0.529 e. The van der Waals surface area contributed by atoms with Crippen LogP contribution in [0, 0.1) is 0 Å². The lowest BCUT2D eigenvalue weighted by Crippen LogP contribution is -2.37. The second-order valence-corrected chi connectivity index (χ2v) is 5.86. The smallest absolute Gasteiger partial charge is 0.146 e. The lowest BCUT2D eigenvalue weighted by Gasteiger charge is -2.26. The maximum absolute atomic E-state index is 11.5. The molecule has 1 aliphatic carbocycles. The first-order chi connectivity index (χ1) is 10.8. The van der Waals surface area contributed by atoms with E-state index in [-0.39, 0.29) is 0 Å². The van der Waals surface area contributed by atoms with E-state index in [1.54, 1.807) is 12.1 Å². The van der Waals surface area contributed by atoms with Gasteiger partial charge in [0, 0.05) is 11.4 Å². The highest BCUT2D eigenvalue weighted by Gasteiger charge is 2.16. The third-order valence-electron chi connectivity index (χ3n) is 4.42. The van der Waals surface area contributed by atoms with Crippen molar-refractivity contribution in [3.05, 3.63) is 60.2 Å². The van der Waals surface area contributed by atoms with Crippen molar-refractivity contribution in [3.63, 3.8) is 0 Å². The minimum atomic E-state index is -1.21. The minimum absolute atomic E-state index is 0.605. The number of carbonyl (C=O) groups excluding carboxylic acids is 1. The second kappa shape index (κ2) is 6.65. The van der Waals surface area contributed by atoms with Crippen LogP contribution in [0.4, 0.5) is 16.2 Å². The van der Waals surface area contributed by atoms with Crippen molar-refractivity contribution in [1.29, 1.82) is 0 Å². The average Bonchev–Trinajstić information content (AvgIpc) is 2.57. The summed E-state index contributed by atoms with van der Waals surface area (Å²) >= 11 is 0. The summed E-state index contributed by atoms with van der Waals surface area (Å²) in [5, 5.41) is 11.5. The molecular formula is C19H20NO2-. The number of para-hydroxylation sites is 1. The van der Waals surface area contributed by atoms with Crippen LogP contribution in [-0.2, 0) is 0 Å². The summed E-state index contributed by atoms with van der Waals surface area (Å²) in [6, 6.07) is 16.9. The Bertz CT molecular complexity index is 616. The van der Waals surface area contributed by atoms with E-state index in [9.17, 15) is 9.90 Å². The van der Waals surface area contributed by atoms with Gasteiger partial charge in [0.05, 0.1) is 0 Å². The third kappa shape index (κ3) is 3.14. The van der Waals surface area contributed by atoms with Gasteiger partial charge in [0.15, 0.2) is 0 Å². The van der Waals surface area contributed by atoms with Crippen molar-refractivity contribution in [2.75, 3.05) is 4.90 Å². The number of nitrogens with zero attached hydrogens (tertiary/aromatic N) is 1. The molecule has 0 spiro atoms. The van der Waals surface area contributed by atoms with E-state index in [1.165, 1.54) is 42.6 Å². The standard InChI is InChI=1S/C19H21NO2/c21-19(22)20(17-9-5-2-6-10-17)18-13-11-16(12-14-18)15-7-3-1-4-8-15/h2,5-6,9-15H,1,3-4,7-8H2,(H,21,22)/p-1. The number of hydrogen-bond donors (Lipinski definition) is 0. The van der Waals surface area contributed by atoms with Gasteiger partial charge >= 0.3 is 0 Å². The Labute approximate surface area is 131 Å². The predicted octanol–water partition coefficient (Wildman–Crippen LogP) is 4.22. The van der Waals surface area contributed by atoms with E-state index >= 15 is 0 Å². The van der Waals surface area contributed by atoms with E-state index in [4.69, 9.17) is 0 Å². The molecule has 1 saturated carbocycles. The molecule has 2 aromatic rings. The molecule has 0 aromatic heterocycles. The Hall–Kier alpha value is -2.29. The Balaban J connectivity index is 1.85. The molecule has 3 heteroatoms. The fourth-order valence-electron chi connectivity index (χ4n) is 3.27. The fourth-order valence-corrected chi connectivity index (χ4v) is 3.27. The largest absolute Gasteiger partial charge is 0.529 e. The van der Waals surface area contributed by atoms with Gasteiger partial charge in [-0.05, 0) is 48.6 Å². The normalized spacial score (nSPS) is 15.5. The molecule has 1 fully saturated rings. The van der Waals surface area contributed by atoms with Crippen LogP contribution in [0.3, 0.4) is 0 Å². The molecule has 22 heavy (non-hydrogen) atoms. The highest BCUT2D eigenvalue weighted by molar-refractivity contribution is 5.93. The van der Waals surface area contributed by atoms with Crippen LogP contribution in [0.1, 0.15) is 43.6 Å². The topological polar surface area (TPSA) is 43.4 Å². The van der Waals surface area contributed by atoms with Crippen molar-refractivity contribution >= 4 is 17.5 Å². The van der Waals surface area contributed by atoms with E-state index < -0.39 is 6.09 Å². The van der Waals surface area contributed by atoms with Crippen molar-refractivity contribution in [2.45, 2.75) is 38.0 Å². The van der Waals surface area contributed by atoms with Gasteiger partial charge in [-0.3, -0.25) is 4.90 Å². The molecule has 1 amide bonds. The lowest BCUT2D eigenvalue weighted by molar-refractivity contribution is -0.245. The molecule has 0 atom stereocenters. The number of amides is 1. The molecule has 1 aliphatic rings. The summed E-state index contributed by atoms with van der Waals surface area (Å²) in [6.07, 6.45) is 5.19. The number of carbonyl (C=O) groups is 1. The fraction of sp³-hybridized carbons (Fsp3) is 0.316. The Morgan fingerprint density at radius 3 is 2.05 bits per heavy atom. The molecule has 2 aromatic carbocycles. The van der Waals surface area contributed by atoms with E-state index in [0.29, 0.717) is 17.3 Å². The van der Waals surface area contributed by atoms with Crippen LogP contribution in [0.15, 0.2) is 54.6 Å². The van der Waals surface area contributed by atoms with Gasteiger partial charge in [-0.25, -0.2) is 0 Å². The molecule has 3 nitrogen and oxygen atoms in total. The number of benzene rings is 2. The quantitative estimate of drug-likeness (QED) is 0.850. The lowest BCUT2D eigenvalue weighted by atomic mass is 9.84. The van der Waals surface area contributed by atoms with Gasteiger partial charge in [-0.1, -0.05) is 49.6 Å². The maximum atomic E-state index is 11.5. The molecular weight excluding hydrogens is 274 g/mol. The highest BCUT2D eigenvalue weighted by Crippen LogP contribution is 2.34. The molecule has 0 aliphatic heterocycles. The Kier molecular flexibility index (Phi) is 4.42. The highest BCUT2D eigenvalue weighted by atomic mass is 16.4. The first kappa shape index (κ1) is 14.6. The summed E-state index contributed by atoms with van der Waals surface area (Å²) in [5.41, 5.74) is 2.55. The first-order valence-corrected chi connectivity index (χ1v) is 7.92. The van der Waals surface area contributed by atoms with Crippen molar-refractivity contribution in [2.24, 2.45) is 0 Å². The van der Waals surface area contributed by atoms with Crippen LogP contribution >= 0.6 is 0 Å².